The first-order valence-corrected chi connectivity index (χ1v) is 13.7. The molecule has 1 aliphatic carbocycles. The summed E-state index contributed by atoms with van der Waals surface area (Å²) in [5, 5.41) is 3.30. The molecule has 3 aliphatic heterocycles. The summed E-state index contributed by atoms with van der Waals surface area (Å²) in [6.45, 7) is 0. The number of rotatable bonds is 7. The highest BCUT2D eigenvalue weighted by atomic mass is 16.5. The molecule has 0 radical (unpaired) electrons. The second-order valence-corrected chi connectivity index (χ2v) is 11.2. The Bertz CT molecular complexity index is 1330. The van der Waals surface area contributed by atoms with Gasteiger partial charge in [-0.25, -0.2) is 4.99 Å². The van der Waals surface area contributed by atoms with E-state index in [-0.39, 0.29) is 11.9 Å². The fraction of sp³-hybridized carbons (Fsp3) is 0.375. The van der Waals surface area contributed by atoms with Crippen LogP contribution in [0.25, 0.3) is 0 Å². The van der Waals surface area contributed by atoms with Crippen molar-refractivity contribution in [2.75, 3.05) is 7.05 Å². The van der Waals surface area contributed by atoms with E-state index in [1.54, 1.807) is 0 Å². The lowest BCUT2D eigenvalue weighted by molar-refractivity contribution is 0.0661. The maximum Gasteiger partial charge on any atom is 0.251 e. The van der Waals surface area contributed by atoms with E-state index >= 15 is 0 Å². The monoisotopic (exact) mass is 491 g/mol. The average Bonchev–Trinajstić information content (AvgIpc) is 3.72. The Labute approximate surface area is 218 Å². The normalized spacial score (nSPS) is 25.0. The fourth-order valence-corrected chi connectivity index (χ4v) is 6.44. The van der Waals surface area contributed by atoms with Gasteiger partial charge in [0, 0.05) is 28.8 Å². The van der Waals surface area contributed by atoms with Crippen LogP contribution in [-0.4, -0.2) is 41.8 Å². The van der Waals surface area contributed by atoms with Crippen LogP contribution in [-0.2, 0) is 0 Å². The van der Waals surface area contributed by atoms with Crippen molar-refractivity contribution < 1.29 is 9.53 Å². The topological polar surface area (TPSA) is 53.9 Å². The Morgan fingerprint density at radius 2 is 1.68 bits per heavy atom. The van der Waals surface area contributed by atoms with Crippen molar-refractivity contribution in [3.8, 4) is 5.75 Å². The summed E-state index contributed by atoms with van der Waals surface area (Å²) in [5.74, 6) is 1.43. The van der Waals surface area contributed by atoms with Crippen LogP contribution >= 0.6 is 0 Å². The zero-order valence-electron chi connectivity index (χ0n) is 21.3. The average molecular weight is 492 g/mol. The van der Waals surface area contributed by atoms with Crippen LogP contribution in [0.5, 0.6) is 5.75 Å². The second-order valence-electron chi connectivity index (χ2n) is 11.2. The zero-order chi connectivity index (χ0) is 24.9. The van der Waals surface area contributed by atoms with E-state index in [2.05, 4.69) is 53.7 Å². The van der Waals surface area contributed by atoms with E-state index in [9.17, 15) is 4.79 Å². The van der Waals surface area contributed by atoms with Gasteiger partial charge in [0.2, 0.25) is 0 Å². The Morgan fingerprint density at radius 3 is 2.38 bits per heavy atom. The number of benzene rings is 3. The molecule has 3 fully saturated rings. The number of nitrogens with zero attached hydrogens (tertiary/aromatic N) is 2. The molecule has 0 aromatic heterocycles. The first-order chi connectivity index (χ1) is 18.1. The van der Waals surface area contributed by atoms with Gasteiger partial charge in [-0.3, -0.25) is 4.79 Å². The van der Waals surface area contributed by atoms with Crippen molar-refractivity contribution in [2.45, 2.75) is 62.8 Å². The van der Waals surface area contributed by atoms with E-state index in [0.29, 0.717) is 29.7 Å². The SMILES string of the molecule is CN1C2CCC1CC(Oc1ccc(C3=Nc4ccc(C(=O)NC(c5ccccc5)C5CC5)cc43)cc1)C2. The summed E-state index contributed by atoms with van der Waals surface area (Å²) in [6.07, 6.45) is 7.47. The number of hydrogen-bond donors (Lipinski definition) is 1. The Kier molecular flexibility index (Phi) is 5.62. The number of nitrogens with one attached hydrogen (secondary N) is 1. The Hall–Kier alpha value is -3.44. The number of fused-ring (bicyclic) bond motifs is 3. The maximum atomic E-state index is 13.2. The maximum absolute atomic E-state index is 13.2. The molecule has 188 valence electrons. The summed E-state index contributed by atoms with van der Waals surface area (Å²) >= 11 is 0. The molecule has 1 saturated carbocycles. The molecule has 37 heavy (non-hydrogen) atoms. The van der Waals surface area contributed by atoms with Crippen molar-refractivity contribution in [3.05, 3.63) is 95.1 Å². The molecule has 5 nitrogen and oxygen atoms in total. The lowest BCUT2D eigenvalue weighted by atomic mass is 9.93. The summed E-state index contributed by atoms with van der Waals surface area (Å²) in [6, 6.07) is 25.8. The molecule has 3 heterocycles. The molecular weight excluding hydrogens is 458 g/mol. The quantitative estimate of drug-likeness (QED) is 0.342. The van der Waals surface area contributed by atoms with Gasteiger partial charge in [0.1, 0.15) is 11.9 Å². The summed E-state index contributed by atoms with van der Waals surface area (Å²) in [7, 11) is 2.26. The van der Waals surface area contributed by atoms with Crippen molar-refractivity contribution in [2.24, 2.45) is 10.9 Å². The van der Waals surface area contributed by atoms with Gasteiger partial charge in [0.05, 0.1) is 17.4 Å². The summed E-state index contributed by atoms with van der Waals surface area (Å²) < 4.78 is 6.37. The molecular formula is C32H33N3O2. The van der Waals surface area contributed by atoms with Crippen LogP contribution < -0.4 is 10.1 Å². The molecule has 7 rings (SSSR count). The lowest BCUT2D eigenvalue weighted by Gasteiger charge is -2.36. The number of carbonyl (C=O) groups excluding carboxylic acids is 1. The largest absolute Gasteiger partial charge is 0.490 e. The minimum absolute atomic E-state index is 0.0226. The highest BCUT2D eigenvalue weighted by Crippen LogP contribution is 2.41. The predicted octanol–water partition coefficient (Wildman–Crippen LogP) is 6.05. The van der Waals surface area contributed by atoms with E-state index in [4.69, 9.17) is 9.73 Å². The number of aliphatic imine (C=N–C) groups is 1. The molecule has 3 aromatic carbocycles. The molecule has 3 atom stereocenters. The van der Waals surface area contributed by atoms with Crippen LogP contribution in [0.3, 0.4) is 0 Å². The molecule has 0 spiro atoms. The fourth-order valence-electron chi connectivity index (χ4n) is 6.44. The highest BCUT2D eigenvalue weighted by Gasteiger charge is 2.39. The Morgan fingerprint density at radius 1 is 0.946 bits per heavy atom. The summed E-state index contributed by atoms with van der Waals surface area (Å²) in [4.78, 5) is 20.5. The smallest absolute Gasteiger partial charge is 0.251 e. The standard InChI is InChI=1S/C32H33N3O2/c1-35-24-12-13-25(35)19-27(18-24)37-26-14-9-22(10-15-26)31-28-17-23(11-16-29(28)33-31)32(36)34-30(21-7-8-21)20-5-3-2-4-6-20/h2-6,9-11,14-17,21,24-25,27,30H,7-8,12-13,18-19H2,1H3,(H,34,36). The van der Waals surface area contributed by atoms with Gasteiger partial charge in [-0.15, -0.1) is 0 Å². The number of hydrogen-bond acceptors (Lipinski definition) is 4. The van der Waals surface area contributed by atoms with Crippen LogP contribution in [0, 0.1) is 5.92 Å². The van der Waals surface area contributed by atoms with Crippen LogP contribution in [0.4, 0.5) is 5.69 Å². The first-order valence-electron chi connectivity index (χ1n) is 13.7. The van der Waals surface area contributed by atoms with Gasteiger partial charge < -0.3 is 15.0 Å². The minimum atomic E-state index is -0.0226. The van der Waals surface area contributed by atoms with Crippen LogP contribution in [0.2, 0.25) is 0 Å². The molecule has 1 amide bonds. The number of carbonyl (C=O) groups is 1. The molecule has 2 bridgehead atoms. The highest BCUT2D eigenvalue weighted by molar-refractivity contribution is 6.22. The second kappa shape index (κ2) is 9.14. The van der Waals surface area contributed by atoms with E-state index in [1.807, 2.05) is 36.4 Å². The van der Waals surface area contributed by atoms with Crippen LogP contribution in [0.15, 0.2) is 77.8 Å². The third-order valence-electron chi connectivity index (χ3n) is 8.77. The van der Waals surface area contributed by atoms with E-state index in [0.717, 1.165) is 41.1 Å². The van der Waals surface area contributed by atoms with Gasteiger partial charge in [-0.1, -0.05) is 30.3 Å². The lowest BCUT2D eigenvalue weighted by Crippen LogP contribution is -2.43. The molecule has 3 aromatic rings. The molecule has 2 saturated heterocycles. The van der Waals surface area contributed by atoms with Gasteiger partial charge in [-0.05, 0) is 99.5 Å². The summed E-state index contributed by atoms with van der Waals surface area (Å²) in [5.41, 5.74) is 5.84. The third-order valence-corrected chi connectivity index (χ3v) is 8.77. The van der Waals surface area contributed by atoms with Crippen molar-refractivity contribution in [1.82, 2.24) is 10.2 Å². The van der Waals surface area contributed by atoms with Gasteiger partial charge in [-0.2, -0.15) is 0 Å². The molecule has 5 heteroatoms. The van der Waals surface area contributed by atoms with Crippen molar-refractivity contribution >= 4 is 17.3 Å². The molecule has 1 N–H and O–H groups in total. The minimum Gasteiger partial charge on any atom is -0.490 e. The number of amides is 1. The Balaban J connectivity index is 1.03. The molecule has 4 aliphatic rings. The zero-order valence-corrected chi connectivity index (χ0v) is 21.3. The van der Waals surface area contributed by atoms with Gasteiger partial charge in [0.25, 0.3) is 5.91 Å². The third kappa shape index (κ3) is 4.36. The van der Waals surface area contributed by atoms with E-state index in [1.165, 1.54) is 31.2 Å². The van der Waals surface area contributed by atoms with Gasteiger partial charge in [0.15, 0.2) is 0 Å². The number of ether oxygens (including phenoxy) is 1. The van der Waals surface area contributed by atoms with Crippen LogP contribution in [0.1, 0.15) is 71.6 Å². The van der Waals surface area contributed by atoms with Gasteiger partial charge >= 0.3 is 0 Å². The van der Waals surface area contributed by atoms with E-state index < -0.39 is 0 Å². The first kappa shape index (κ1) is 22.7. The van der Waals surface area contributed by atoms with Crippen molar-refractivity contribution in [1.29, 1.82) is 0 Å². The number of piperidine rings is 1. The van der Waals surface area contributed by atoms with Crippen molar-refractivity contribution in [3.63, 3.8) is 0 Å². The molecule has 3 unspecified atom stereocenters. The predicted molar refractivity (Wildman–Crippen MR) is 146 cm³/mol.